The third-order valence-corrected chi connectivity index (χ3v) is 0. The third kappa shape index (κ3) is 342. The van der Waals surface area contributed by atoms with Crippen molar-refractivity contribution in [2.75, 3.05) is 0 Å². The van der Waals surface area contributed by atoms with Crippen LogP contribution in [0.3, 0.4) is 0 Å². The van der Waals surface area contributed by atoms with Crippen LogP contribution in [0.15, 0.2) is 0 Å². The van der Waals surface area contributed by atoms with Gasteiger partial charge in [-0.25, -0.2) is 0 Å². The molecule has 0 amide bonds. The number of rotatable bonds is 0. The van der Waals surface area contributed by atoms with E-state index >= 15 is 0 Å². The molecule has 0 aromatic rings. The molecule has 0 heterocycles. The van der Waals surface area contributed by atoms with Gasteiger partial charge in [0, 0.05) is 0 Å². The average molecular weight is 374 g/mol. The minimum Gasteiger partial charge on any atom is -0.894 e. The molecular weight excluding hydrogens is 374 g/mol. The van der Waals surface area contributed by atoms with E-state index in [-0.39, 0.29) is 76.0 Å². The topological polar surface area (TPSA) is 184 Å². The largest absolute Gasteiger partial charge is 3.00 e. The van der Waals surface area contributed by atoms with Crippen LogP contribution in [0.2, 0.25) is 0 Å². The molecule has 0 aromatic carbocycles. The van der Waals surface area contributed by atoms with Gasteiger partial charge >= 0.3 is 76.0 Å². The predicted molar refractivity (Wildman–Crippen MR) is 23.0 cm³/mol. The third-order valence-electron chi connectivity index (χ3n) is 0. The van der Waals surface area contributed by atoms with Gasteiger partial charge in [0.25, 0.3) is 0 Å². The monoisotopic (exact) mass is 374 g/mol. The van der Waals surface area contributed by atoms with Gasteiger partial charge < -0.3 is 56.5 Å². The minimum absolute atomic E-state index is 0. The maximum Gasteiger partial charge on any atom is 3.00 e. The molecule has 0 rings (SSSR count). The molecule has 0 atom stereocenters. The minimum atomic E-state index is -5.61. The Kier molecular flexibility index (Phi) is 28.9. The van der Waals surface area contributed by atoms with E-state index < -0.39 is 18.1 Å². The summed E-state index contributed by atoms with van der Waals surface area (Å²) >= 11 is 0. The molecule has 0 bridgehead atoms. The van der Waals surface area contributed by atoms with E-state index in [0.717, 1.165) is 0 Å². The van der Waals surface area contributed by atoms with E-state index in [1.807, 2.05) is 0 Å². The summed E-state index contributed by atoms with van der Waals surface area (Å²) in [5.74, 6) is 0. The number of hydrogen-bond donors (Lipinski definition) is 0. The molecule has 0 spiro atoms. The van der Waals surface area contributed by atoms with Crippen molar-refractivity contribution < 1.29 is 74.0 Å². The second kappa shape index (κ2) is 12.7. The Morgan fingerprint density at radius 1 is 0.538 bits per heavy atom. The fraction of sp³-hybridized carbons (Fsp3) is 0. The Morgan fingerprint density at radius 2 is 0.538 bits per heavy atom. The first kappa shape index (κ1) is 29.6. The first-order valence-electron chi connectivity index (χ1n) is 1.63. The molecule has 0 fully saturated rings. The van der Waals surface area contributed by atoms with Crippen LogP contribution in [0, 0.1) is 35.6 Å². The fourth-order valence-corrected chi connectivity index (χ4v) is 0. The summed E-state index contributed by atoms with van der Waals surface area (Å²) < 4.78 is 0. The Bertz CT molecular complexity index is 65.1. The van der Waals surface area contributed by atoms with Gasteiger partial charge in [-0.1, -0.05) is 0 Å². The molecule has 0 aromatic heterocycles. The van der Waals surface area contributed by atoms with Gasteiger partial charge in [0.2, 0.25) is 0 Å². The molecule has 8 nitrogen and oxygen atoms in total. The molecule has 13 heavy (non-hydrogen) atoms. The quantitative estimate of drug-likeness (QED) is 0.374. The van der Waals surface area contributed by atoms with Crippen LogP contribution < -0.4 is 38.4 Å². The molecule has 0 saturated carbocycles. The summed E-state index contributed by atoms with van der Waals surface area (Å²) in [5.41, 5.74) is 0. The summed E-state index contributed by atoms with van der Waals surface area (Å²) in [6, 6.07) is 0. The van der Waals surface area contributed by atoms with Crippen LogP contribution in [0.25, 0.3) is 0 Å². The zero-order valence-corrected chi connectivity index (χ0v) is 14.3. The molecule has 0 unspecified atom stereocenters. The number of hydrogen-bond acceptors (Lipinski definition) is 8. The SMILES string of the molecule is [Al+3].[La+3].[Mg+2].[O-][Si]([O-])([O-])[O-].[O-][Si]([O-])([O-])[O-]. The van der Waals surface area contributed by atoms with Crippen LogP contribution >= 0.6 is 0 Å². The summed E-state index contributed by atoms with van der Waals surface area (Å²) in [4.78, 5) is 68.6. The molecule has 0 radical (unpaired) electrons. The van der Waals surface area contributed by atoms with Crippen molar-refractivity contribution in [1.29, 1.82) is 0 Å². The normalized spacial score (nSPS) is 9.23. The van der Waals surface area contributed by atoms with E-state index in [1.54, 1.807) is 0 Å². The summed E-state index contributed by atoms with van der Waals surface area (Å²) in [5, 5.41) is 0. The van der Waals surface area contributed by atoms with Crippen LogP contribution in [-0.4, -0.2) is 58.5 Å². The zero-order chi connectivity index (χ0) is 9.00. The van der Waals surface area contributed by atoms with Gasteiger partial charge in [-0.2, -0.15) is 0 Å². The van der Waals surface area contributed by atoms with Gasteiger partial charge in [0.05, 0.1) is 0 Å². The molecule has 0 aliphatic heterocycles. The van der Waals surface area contributed by atoms with Crippen LogP contribution in [0.5, 0.6) is 0 Å². The predicted octanol–water partition coefficient (Wildman–Crippen LogP) is -11.0. The average Bonchev–Trinajstić information content (AvgIpc) is 1.12. The van der Waals surface area contributed by atoms with Crippen molar-refractivity contribution >= 4 is 58.5 Å². The Morgan fingerprint density at radius 3 is 0.538 bits per heavy atom. The maximum absolute atomic E-state index is 8.58. The van der Waals surface area contributed by atoms with Gasteiger partial charge in [-0.05, 0) is 0 Å². The Labute approximate surface area is 131 Å². The molecule has 0 saturated heterocycles. The van der Waals surface area contributed by atoms with Crippen molar-refractivity contribution in [3.05, 3.63) is 0 Å². The van der Waals surface area contributed by atoms with Crippen LogP contribution in [0.4, 0.5) is 0 Å². The van der Waals surface area contributed by atoms with Crippen molar-refractivity contribution in [3.63, 3.8) is 0 Å². The molecule has 0 aliphatic carbocycles. The van der Waals surface area contributed by atoms with Gasteiger partial charge in [-0.15, -0.1) is 0 Å². The van der Waals surface area contributed by atoms with Crippen molar-refractivity contribution in [2.45, 2.75) is 0 Å². The summed E-state index contributed by atoms with van der Waals surface area (Å²) in [6.07, 6.45) is 0. The zero-order valence-electron chi connectivity index (χ0n) is 6.13. The van der Waals surface area contributed by atoms with Gasteiger partial charge in [-0.3, -0.25) is 0 Å². The first-order valence-corrected chi connectivity index (χ1v) is 4.90. The van der Waals surface area contributed by atoms with E-state index in [2.05, 4.69) is 0 Å². The van der Waals surface area contributed by atoms with E-state index in [0.29, 0.717) is 0 Å². The molecular formula is AlLaMgO8Si2. The van der Waals surface area contributed by atoms with Crippen LogP contribution in [-0.2, 0) is 0 Å². The Hall–Kier alpha value is 2.61. The van der Waals surface area contributed by atoms with Crippen molar-refractivity contribution in [1.82, 2.24) is 0 Å². The van der Waals surface area contributed by atoms with Crippen molar-refractivity contribution in [3.8, 4) is 0 Å². The van der Waals surface area contributed by atoms with Crippen molar-refractivity contribution in [2.24, 2.45) is 0 Å². The van der Waals surface area contributed by atoms with Crippen LogP contribution in [0.1, 0.15) is 0 Å². The summed E-state index contributed by atoms with van der Waals surface area (Å²) in [6.45, 7) is 0. The summed E-state index contributed by atoms with van der Waals surface area (Å²) in [7, 11) is -11.2. The smallest absolute Gasteiger partial charge is 0.894 e. The maximum atomic E-state index is 8.58. The standard InChI is InChI=1S/Al.La.Mg.2O4Si/c;;;2*1-5(2,3)4/q2*+3;+2;2*-4. The molecule has 64 valence electrons. The second-order valence-corrected chi connectivity index (χ2v) is 3.00. The first-order chi connectivity index (χ1) is 4.00. The van der Waals surface area contributed by atoms with E-state index in [4.69, 9.17) is 38.4 Å². The Balaban J connectivity index is -0.0000000267. The fourth-order valence-electron chi connectivity index (χ4n) is 0. The second-order valence-electron chi connectivity index (χ2n) is 1.00. The van der Waals surface area contributed by atoms with E-state index in [9.17, 15) is 0 Å². The molecule has 0 N–H and O–H groups in total. The molecule has 0 aliphatic rings. The van der Waals surface area contributed by atoms with Gasteiger partial charge in [0.1, 0.15) is 0 Å². The van der Waals surface area contributed by atoms with E-state index in [1.165, 1.54) is 0 Å². The molecule has 13 heteroatoms. The van der Waals surface area contributed by atoms with Gasteiger partial charge in [0.15, 0.2) is 0 Å².